The molecular formula is C11H9ClN2O4. The number of hydrogen-bond donors (Lipinski definition) is 0. The van der Waals surface area contributed by atoms with Gasteiger partial charge in [-0.2, -0.15) is 0 Å². The van der Waals surface area contributed by atoms with Gasteiger partial charge in [0.05, 0.1) is 10.5 Å². The van der Waals surface area contributed by atoms with E-state index in [0.717, 1.165) is 4.90 Å². The van der Waals surface area contributed by atoms with E-state index in [0.29, 0.717) is 12.3 Å². The zero-order valence-electron chi connectivity index (χ0n) is 9.26. The highest BCUT2D eigenvalue weighted by Gasteiger charge is 2.40. The van der Waals surface area contributed by atoms with Crippen LogP contribution >= 0.6 is 11.6 Å². The van der Waals surface area contributed by atoms with Gasteiger partial charge in [0.25, 0.3) is 17.5 Å². The maximum Gasteiger partial charge on any atom is 0.282 e. The average Bonchev–Trinajstić information content (AvgIpc) is 2.60. The van der Waals surface area contributed by atoms with Crippen LogP contribution in [0.3, 0.4) is 0 Å². The van der Waals surface area contributed by atoms with Crippen LogP contribution in [0.15, 0.2) is 18.2 Å². The van der Waals surface area contributed by atoms with E-state index >= 15 is 0 Å². The first-order valence-electron chi connectivity index (χ1n) is 5.27. The van der Waals surface area contributed by atoms with Crippen molar-refractivity contribution >= 4 is 29.1 Å². The number of amides is 2. The fourth-order valence-corrected chi connectivity index (χ4v) is 2.01. The molecule has 1 aromatic carbocycles. The van der Waals surface area contributed by atoms with Gasteiger partial charge >= 0.3 is 0 Å². The number of nitrogens with zero attached hydrogens (tertiary/aromatic N) is 2. The fourth-order valence-electron chi connectivity index (χ4n) is 1.89. The Balaban J connectivity index is 2.45. The lowest BCUT2D eigenvalue weighted by Gasteiger charge is -2.11. The van der Waals surface area contributed by atoms with Crippen LogP contribution in [0.5, 0.6) is 0 Å². The van der Waals surface area contributed by atoms with Crippen LogP contribution in [0.2, 0.25) is 0 Å². The molecule has 1 aromatic rings. The number of carbonyl (C=O) groups is 2. The van der Waals surface area contributed by atoms with Crippen molar-refractivity contribution < 1.29 is 14.5 Å². The van der Waals surface area contributed by atoms with E-state index in [1.165, 1.54) is 18.2 Å². The average molecular weight is 269 g/mol. The van der Waals surface area contributed by atoms with Crippen molar-refractivity contribution in [3.63, 3.8) is 0 Å². The Morgan fingerprint density at radius 3 is 2.61 bits per heavy atom. The lowest BCUT2D eigenvalue weighted by atomic mass is 10.1. The van der Waals surface area contributed by atoms with Crippen LogP contribution in [0.1, 0.15) is 27.1 Å². The second kappa shape index (κ2) is 4.73. The Bertz CT molecular complexity index is 544. The number of carbonyl (C=O) groups excluding carboxylic acids is 2. The van der Waals surface area contributed by atoms with E-state index in [4.69, 9.17) is 11.6 Å². The summed E-state index contributed by atoms with van der Waals surface area (Å²) in [6.45, 7) is 0.174. The van der Waals surface area contributed by atoms with Crippen molar-refractivity contribution in [2.45, 2.75) is 6.42 Å². The first kappa shape index (κ1) is 12.5. The minimum atomic E-state index is -0.658. The van der Waals surface area contributed by atoms with E-state index in [1.807, 2.05) is 0 Å². The maximum absolute atomic E-state index is 12.0. The molecule has 0 unspecified atom stereocenters. The Morgan fingerprint density at radius 2 is 2.00 bits per heavy atom. The van der Waals surface area contributed by atoms with Crippen molar-refractivity contribution in [1.29, 1.82) is 0 Å². The fraction of sp³-hybridized carbons (Fsp3) is 0.273. The molecule has 6 nitrogen and oxygen atoms in total. The van der Waals surface area contributed by atoms with Gasteiger partial charge in [0.2, 0.25) is 0 Å². The molecule has 0 aromatic heterocycles. The number of rotatable bonds is 4. The molecular weight excluding hydrogens is 260 g/mol. The first-order chi connectivity index (χ1) is 8.57. The normalized spacial score (nSPS) is 13.9. The number of imide groups is 1. The molecule has 0 atom stereocenters. The number of halogens is 1. The van der Waals surface area contributed by atoms with E-state index in [9.17, 15) is 19.7 Å². The summed E-state index contributed by atoms with van der Waals surface area (Å²) in [6, 6.07) is 4.03. The number of benzene rings is 1. The summed E-state index contributed by atoms with van der Waals surface area (Å²) < 4.78 is 0. The second-order valence-electron chi connectivity index (χ2n) is 3.76. The molecule has 0 radical (unpaired) electrons. The van der Waals surface area contributed by atoms with Crippen LogP contribution in [-0.2, 0) is 0 Å². The smallest absolute Gasteiger partial charge is 0.274 e. The number of nitro groups is 1. The Kier molecular flexibility index (Phi) is 3.29. The highest BCUT2D eigenvalue weighted by molar-refractivity contribution is 6.23. The molecule has 0 saturated carbocycles. The van der Waals surface area contributed by atoms with Gasteiger partial charge in [-0.1, -0.05) is 6.07 Å². The quantitative estimate of drug-likeness (QED) is 0.361. The predicted molar refractivity (Wildman–Crippen MR) is 63.8 cm³/mol. The summed E-state index contributed by atoms with van der Waals surface area (Å²) in [4.78, 5) is 35.1. The van der Waals surface area contributed by atoms with E-state index in [-0.39, 0.29) is 23.4 Å². The molecule has 94 valence electrons. The third-order valence-electron chi connectivity index (χ3n) is 2.69. The lowest BCUT2D eigenvalue weighted by Crippen LogP contribution is -2.31. The van der Waals surface area contributed by atoms with Gasteiger partial charge in [-0.25, -0.2) is 0 Å². The molecule has 0 spiro atoms. The molecule has 1 aliphatic heterocycles. The summed E-state index contributed by atoms with van der Waals surface area (Å²) >= 11 is 5.51. The Hall–Kier alpha value is -1.95. The second-order valence-corrected chi connectivity index (χ2v) is 4.14. The van der Waals surface area contributed by atoms with E-state index < -0.39 is 16.7 Å². The molecule has 0 bridgehead atoms. The first-order valence-corrected chi connectivity index (χ1v) is 5.81. The van der Waals surface area contributed by atoms with Gasteiger partial charge in [0, 0.05) is 18.5 Å². The summed E-state index contributed by atoms with van der Waals surface area (Å²) in [5.41, 5.74) is -0.370. The van der Waals surface area contributed by atoms with Crippen LogP contribution < -0.4 is 0 Å². The van der Waals surface area contributed by atoms with Crippen molar-refractivity contribution in [3.05, 3.63) is 39.4 Å². The van der Waals surface area contributed by atoms with Gasteiger partial charge < -0.3 is 0 Å². The number of alkyl halides is 1. The van der Waals surface area contributed by atoms with Crippen molar-refractivity contribution in [3.8, 4) is 0 Å². The van der Waals surface area contributed by atoms with Gasteiger partial charge in [0.1, 0.15) is 5.56 Å². The topological polar surface area (TPSA) is 80.5 Å². The minimum Gasteiger partial charge on any atom is -0.274 e. The number of fused-ring (bicyclic) bond motifs is 1. The third-order valence-corrected chi connectivity index (χ3v) is 2.96. The molecule has 2 rings (SSSR count). The SMILES string of the molecule is O=C1c2cccc([N+](=O)[O-])c2C(=O)N1CCCCl. The van der Waals surface area contributed by atoms with E-state index in [2.05, 4.69) is 0 Å². The number of nitro benzene ring substituents is 1. The predicted octanol–water partition coefficient (Wildman–Crippen LogP) is 1.82. The molecule has 0 aliphatic carbocycles. The largest absolute Gasteiger partial charge is 0.282 e. The monoisotopic (exact) mass is 268 g/mol. The zero-order chi connectivity index (χ0) is 13.3. The van der Waals surface area contributed by atoms with Crippen LogP contribution in [0.4, 0.5) is 5.69 Å². The minimum absolute atomic E-state index is 0.0868. The summed E-state index contributed by atoms with van der Waals surface area (Å²) in [7, 11) is 0. The molecule has 1 aliphatic rings. The van der Waals surface area contributed by atoms with Gasteiger partial charge in [0.15, 0.2) is 0 Å². The van der Waals surface area contributed by atoms with Gasteiger partial charge in [-0.15, -0.1) is 11.6 Å². The van der Waals surface area contributed by atoms with Gasteiger partial charge in [-0.3, -0.25) is 24.6 Å². The standard InChI is InChI=1S/C11H9ClN2O4/c12-5-2-6-13-10(15)7-3-1-4-8(14(17)18)9(7)11(13)16/h1,3-4H,2,5-6H2. The highest BCUT2D eigenvalue weighted by Crippen LogP contribution is 2.30. The molecule has 1 heterocycles. The Morgan fingerprint density at radius 1 is 1.28 bits per heavy atom. The molecule has 0 fully saturated rings. The van der Waals surface area contributed by atoms with Crippen molar-refractivity contribution in [2.24, 2.45) is 0 Å². The summed E-state index contributed by atoms with van der Waals surface area (Å²) in [5, 5.41) is 10.8. The number of hydrogen-bond acceptors (Lipinski definition) is 4. The van der Waals surface area contributed by atoms with Crippen LogP contribution in [0, 0.1) is 10.1 Å². The highest BCUT2D eigenvalue weighted by atomic mass is 35.5. The summed E-state index contributed by atoms with van der Waals surface area (Å²) in [5.74, 6) is -0.800. The summed E-state index contributed by atoms with van der Waals surface area (Å²) in [6.07, 6.45) is 0.459. The van der Waals surface area contributed by atoms with Crippen molar-refractivity contribution in [2.75, 3.05) is 12.4 Å². The van der Waals surface area contributed by atoms with Crippen LogP contribution in [-0.4, -0.2) is 34.1 Å². The molecule has 18 heavy (non-hydrogen) atoms. The van der Waals surface area contributed by atoms with E-state index in [1.54, 1.807) is 0 Å². The van der Waals surface area contributed by atoms with Gasteiger partial charge in [-0.05, 0) is 12.5 Å². The van der Waals surface area contributed by atoms with Crippen molar-refractivity contribution in [1.82, 2.24) is 4.90 Å². The Labute approximate surface area is 107 Å². The third kappa shape index (κ3) is 1.84. The molecule has 2 amide bonds. The maximum atomic E-state index is 12.0. The molecule has 0 N–H and O–H groups in total. The molecule has 7 heteroatoms. The molecule has 0 saturated heterocycles. The van der Waals surface area contributed by atoms with Crippen LogP contribution in [0.25, 0.3) is 0 Å². The zero-order valence-corrected chi connectivity index (χ0v) is 10.0. The lowest BCUT2D eigenvalue weighted by molar-refractivity contribution is -0.385.